The third-order valence-corrected chi connectivity index (χ3v) is 8.60. The van der Waals surface area contributed by atoms with Crippen molar-refractivity contribution in [2.75, 3.05) is 13.1 Å². The number of carbonyl (C=O) groups excluding carboxylic acids is 2. The normalized spacial score (nSPS) is 17.4. The van der Waals surface area contributed by atoms with E-state index >= 15 is 0 Å². The molecular weight excluding hydrogens is 420 g/mol. The van der Waals surface area contributed by atoms with Crippen LogP contribution >= 0.6 is 23.5 Å². The molecule has 30 heavy (non-hydrogen) atoms. The second-order valence-electron chi connectivity index (χ2n) is 7.89. The zero-order valence-corrected chi connectivity index (χ0v) is 19.4. The number of fused-ring (bicyclic) bond motifs is 1. The molecule has 6 nitrogen and oxygen atoms in total. The zero-order chi connectivity index (χ0) is 21.7. The number of nitrogens with zero attached hydrogens (tertiary/aromatic N) is 2. The molecule has 166 valence electrons. The van der Waals surface area contributed by atoms with Crippen LogP contribution in [0.5, 0.6) is 11.5 Å². The Bertz CT molecular complexity index is 713. The third-order valence-electron chi connectivity index (χ3n) is 5.59. The van der Waals surface area contributed by atoms with Gasteiger partial charge in [-0.05, 0) is 25.0 Å². The van der Waals surface area contributed by atoms with Crippen LogP contribution in [0.3, 0.4) is 0 Å². The minimum Gasteiger partial charge on any atom is -0.507 e. The maximum absolute atomic E-state index is 13.3. The Balaban J connectivity index is 1.74. The maximum atomic E-state index is 13.3. The van der Waals surface area contributed by atoms with Crippen molar-refractivity contribution in [1.82, 2.24) is 10.0 Å². The van der Waals surface area contributed by atoms with Gasteiger partial charge < -0.3 is 10.2 Å². The first-order valence-electron chi connectivity index (χ1n) is 11.0. The molecule has 3 rings (SSSR count). The van der Waals surface area contributed by atoms with Crippen molar-refractivity contribution in [2.24, 2.45) is 5.92 Å². The van der Waals surface area contributed by atoms with E-state index in [1.807, 2.05) is 0 Å². The minimum absolute atomic E-state index is 0.0774. The Morgan fingerprint density at radius 3 is 1.60 bits per heavy atom. The molecule has 2 aliphatic heterocycles. The van der Waals surface area contributed by atoms with Crippen molar-refractivity contribution in [1.29, 1.82) is 0 Å². The summed E-state index contributed by atoms with van der Waals surface area (Å²) >= 11 is 2.62. The molecule has 1 fully saturated rings. The number of rotatable bonds is 11. The Labute approximate surface area is 187 Å². The van der Waals surface area contributed by atoms with Crippen LogP contribution in [0, 0.1) is 5.92 Å². The van der Waals surface area contributed by atoms with Gasteiger partial charge >= 0.3 is 0 Å². The summed E-state index contributed by atoms with van der Waals surface area (Å²) < 4.78 is -0.377. The second kappa shape index (κ2) is 10.7. The summed E-state index contributed by atoms with van der Waals surface area (Å²) in [5.41, 5.74) is 0. The summed E-state index contributed by atoms with van der Waals surface area (Å²) in [6.07, 6.45) is 8.35. The van der Waals surface area contributed by atoms with Gasteiger partial charge in [-0.3, -0.25) is 19.6 Å². The third kappa shape index (κ3) is 4.85. The van der Waals surface area contributed by atoms with Crippen molar-refractivity contribution in [3.8, 4) is 11.5 Å². The van der Waals surface area contributed by atoms with E-state index in [1.54, 1.807) is 10.0 Å². The summed E-state index contributed by atoms with van der Waals surface area (Å²) in [4.78, 5) is 27.7. The molecule has 0 atom stereocenters. The quantitative estimate of drug-likeness (QED) is 0.280. The van der Waals surface area contributed by atoms with Crippen LogP contribution in [0.1, 0.15) is 65.2 Å². The molecule has 1 aromatic rings. The Morgan fingerprint density at radius 1 is 0.767 bits per heavy atom. The number of hydrogen-bond donors (Lipinski definition) is 2. The number of hydrogen-bond acceptors (Lipinski definition) is 6. The lowest BCUT2D eigenvalue weighted by Gasteiger charge is -2.27. The lowest BCUT2D eigenvalue weighted by Crippen LogP contribution is -2.42. The summed E-state index contributed by atoms with van der Waals surface area (Å²) in [6, 6.07) is 2.89. The maximum Gasteiger partial charge on any atom is 0.255 e. The van der Waals surface area contributed by atoms with Gasteiger partial charge in [-0.15, -0.1) is 23.5 Å². The van der Waals surface area contributed by atoms with Gasteiger partial charge in [-0.1, -0.05) is 52.4 Å². The molecule has 8 heteroatoms. The standard InChI is InChI=1S/C22H32N2O4S2/c1-3-5-7-9-13-23-20(27)17(21(28)24(23)14-10-8-6-4-2)22-29-18-15(25)11-12-16(26)19(18)30-22/h11-12,17,22,25-26H,3-10,13-14H2,1-2H3. The number of aromatic hydroxyl groups is 2. The van der Waals surface area contributed by atoms with E-state index in [9.17, 15) is 19.8 Å². The van der Waals surface area contributed by atoms with E-state index in [0.29, 0.717) is 22.9 Å². The van der Waals surface area contributed by atoms with Gasteiger partial charge in [0.15, 0.2) is 0 Å². The van der Waals surface area contributed by atoms with E-state index in [0.717, 1.165) is 51.4 Å². The van der Waals surface area contributed by atoms with E-state index in [1.165, 1.54) is 35.7 Å². The van der Waals surface area contributed by atoms with Crippen LogP contribution in [0.2, 0.25) is 0 Å². The molecule has 0 aromatic heterocycles. The van der Waals surface area contributed by atoms with E-state index < -0.39 is 5.92 Å². The molecule has 1 aromatic carbocycles. The molecule has 0 spiro atoms. The van der Waals surface area contributed by atoms with Crippen LogP contribution in [-0.2, 0) is 9.59 Å². The molecule has 0 saturated carbocycles. The summed E-state index contributed by atoms with van der Waals surface area (Å²) in [6.45, 7) is 5.44. The Kier molecular flexibility index (Phi) is 8.22. The molecular formula is C22H32N2O4S2. The van der Waals surface area contributed by atoms with Gasteiger partial charge in [0.1, 0.15) is 17.4 Å². The highest BCUT2D eigenvalue weighted by molar-refractivity contribution is 8.19. The van der Waals surface area contributed by atoms with Gasteiger partial charge in [0.05, 0.1) is 14.4 Å². The van der Waals surface area contributed by atoms with Crippen molar-refractivity contribution in [3.05, 3.63) is 12.1 Å². The highest BCUT2D eigenvalue weighted by atomic mass is 32.2. The number of phenolic OH excluding ortho intramolecular Hbond substituents is 2. The number of amides is 2. The number of thioether (sulfide) groups is 2. The topological polar surface area (TPSA) is 81.1 Å². The molecule has 2 amide bonds. The van der Waals surface area contributed by atoms with Gasteiger partial charge in [-0.2, -0.15) is 0 Å². The molecule has 2 aliphatic rings. The Morgan fingerprint density at radius 2 is 1.20 bits per heavy atom. The van der Waals surface area contributed by atoms with Crippen LogP contribution in [0.15, 0.2) is 21.9 Å². The van der Waals surface area contributed by atoms with E-state index in [2.05, 4.69) is 13.8 Å². The monoisotopic (exact) mass is 452 g/mol. The highest BCUT2D eigenvalue weighted by Crippen LogP contribution is 2.58. The van der Waals surface area contributed by atoms with E-state index in [4.69, 9.17) is 0 Å². The lowest BCUT2D eigenvalue weighted by atomic mass is 10.1. The molecule has 0 bridgehead atoms. The summed E-state index contributed by atoms with van der Waals surface area (Å²) in [5, 5.41) is 23.6. The number of hydrazine groups is 1. The molecule has 0 radical (unpaired) electrons. The first kappa shape index (κ1) is 23.1. The van der Waals surface area contributed by atoms with Crippen LogP contribution in [-0.4, -0.2) is 49.7 Å². The fourth-order valence-electron chi connectivity index (χ4n) is 3.90. The smallest absolute Gasteiger partial charge is 0.255 e. The summed E-state index contributed by atoms with van der Waals surface area (Å²) in [7, 11) is 0. The molecule has 0 unspecified atom stereocenters. The van der Waals surface area contributed by atoms with E-state index in [-0.39, 0.29) is 27.9 Å². The van der Waals surface area contributed by atoms with Crippen molar-refractivity contribution in [2.45, 2.75) is 79.6 Å². The van der Waals surface area contributed by atoms with Gasteiger partial charge in [0, 0.05) is 13.1 Å². The predicted octanol–water partition coefficient (Wildman–Crippen LogP) is 4.98. The lowest BCUT2D eigenvalue weighted by molar-refractivity contribution is -0.147. The Hall–Kier alpha value is -1.54. The summed E-state index contributed by atoms with van der Waals surface area (Å²) in [5.74, 6) is -0.932. The van der Waals surface area contributed by atoms with Gasteiger partial charge in [0.2, 0.25) is 0 Å². The van der Waals surface area contributed by atoms with Crippen LogP contribution < -0.4 is 0 Å². The van der Waals surface area contributed by atoms with Gasteiger partial charge in [0.25, 0.3) is 11.8 Å². The predicted molar refractivity (Wildman–Crippen MR) is 120 cm³/mol. The van der Waals surface area contributed by atoms with Crippen LogP contribution in [0.25, 0.3) is 0 Å². The van der Waals surface area contributed by atoms with Gasteiger partial charge in [-0.25, -0.2) is 0 Å². The largest absolute Gasteiger partial charge is 0.507 e. The number of phenols is 2. The molecule has 0 aliphatic carbocycles. The SMILES string of the molecule is CCCCCCN1C(=O)C(C2Sc3c(O)ccc(O)c3S2)C(=O)N1CCCCCC. The average molecular weight is 453 g/mol. The fraction of sp³-hybridized carbons (Fsp3) is 0.636. The second-order valence-corrected chi connectivity index (χ2v) is 10.5. The van der Waals surface area contributed by atoms with Crippen LogP contribution in [0.4, 0.5) is 0 Å². The molecule has 2 N–H and O–H groups in total. The first-order chi connectivity index (χ1) is 14.5. The molecule has 2 heterocycles. The average Bonchev–Trinajstić information content (AvgIpc) is 3.26. The number of benzene rings is 1. The zero-order valence-electron chi connectivity index (χ0n) is 17.8. The van der Waals surface area contributed by atoms with Crippen molar-refractivity contribution in [3.63, 3.8) is 0 Å². The van der Waals surface area contributed by atoms with Crippen molar-refractivity contribution >= 4 is 35.3 Å². The highest BCUT2D eigenvalue weighted by Gasteiger charge is 2.51. The molecule has 1 saturated heterocycles. The number of carbonyl (C=O) groups is 2. The number of unbranched alkanes of at least 4 members (excludes halogenated alkanes) is 6. The fourth-order valence-corrected chi connectivity index (χ4v) is 6.96. The first-order valence-corrected chi connectivity index (χ1v) is 12.8. The minimum atomic E-state index is -0.788. The van der Waals surface area contributed by atoms with Crippen molar-refractivity contribution < 1.29 is 19.8 Å².